The van der Waals surface area contributed by atoms with E-state index in [1.54, 1.807) is 0 Å². The molecule has 2 heterocycles. The summed E-state index contributed by atoms with van der Waals surface area (Å²) in [5.41, 5.74) is 2.43. The summed E-state index contributed by atoms with van der Waals surface area (Å²) in [5, 5.41) is 3.04. The Morgan fingerprint density at radius 2 is 1.30 bits per heavy atom. The summed E-state index contributed by atoms with van der Waals surface area (Å²) in [7, 11) is 0. The second-order valence-corrected chi connectivity index (χ2v) is 8.40. The van der Waals surface area contributed by atoms with Crippen LogP contribution in [0.1, 0.15) is 11.1 Å². The number of imide groups is 1. The summed E-state index contributed by atoms with van der Waals surface area (Å²) in [4.78, 5) is 30.5. The summed E-state index contributed by atoms with van der Waals surface area (Å²) < 4.78 is 5.40. The maximum Gasteiger partial charge on any atom is 0.325 e. The molecule has 0 saturated carbocycles. The van der Waals surface area contributed by atoms with Crippen LogP contribution in [0.3, 0.4) is 0 Å². The molecule has 6 nitrogen and oxygen atoms in total. The van der Waals surface area contributed by atoms with Crippen LogP contribution in [-0.2, 0) is 15.1 Å². The SMILES string of the molecule is O=C1N[C@@](c2ccccc2)(c2ccc(-c3ccccc3)cc2)C(=O)N1CCN1CCOCC1. The highest BCUT2D eigenvalue weighted by molar-refractivity contribution is 6.09. The third-order valence-electron chi connectivity index (χ3n) is 6.48. The predicted molar refractivity (Wildman–Crippen MR) is 127 cm³/mol. The first-order chi connectivity index (χ1) is 16.2. The van der Waals surface area contributed by atoms with Gasteiger partial charge in [0.1, 0.15) is 0 Å². The van der Waals surface area contributed by atoms with E-state index in [0.29, 0.717) is 26.3 Å². The van der Waals surface area contributed by atoms with Crippen molar-refractivity contribution in [2.45, 2.75) is 5.54 Å². The highest BCUT2D eigenvalue weighted by Gasteiger charge is 2.53. The number of carbonyl (C=O) groups is 2. The lowest BCUT2D eigenvalue weighted by atomic mass is 9.82. The van der Waals surface area contributed by atoms with Crippen molar-refractivity contribution in [1.82, 2.24) is 15.1 Å². The molecule has 33 heavy (non-hydrogen) atoms. The van der Waals surface area contributed by atoms with Gasteiger partial charge in [0.15, 0.2) is 5.54 Å². The Hall–Kier alpha value is -3.48. The third-order valence-corrected chi connectivity index (χ3v) is 6.48. The van der Waals surface area contributed by atoms with Gasteiger partial charge in [-0.1, -0.05) is 84.9 Å². The molecule has 3 aromatic rings. The molecule has 168 valence electrons. The number of carbonyl (C=O) groups excluding carboxylic acids is 2. The Bertz CT molecular complexity index is 1110. The minimum absolute atomic E-state index is 0.237. The zero-order valence-electron chi connectivity index (χ0n) is 18.4. The molecule has 2 aliphatic heterocycles. The molecule has 0 spiro atoms. The van der Waals surface area contributed by atoms with Gasteiger partial charge >= 0.3 is 6.03 Å². The van der Waals surface area contributed by atoms with Crippen LogP contribution in [0.5, 0.6) is 0 Å². The smallest absolute Gasteiger partial charge is 0.325 e. The summed E-state index contributed by atoms with van der Waals surface area (Å²) in [6, 6.07) is 27.1. The lowest BCUT2D eigenvalue weighted by Gasteiger charge is -2.29. The molecule has 6 heteroatoms. The van der Waals surface area contributed by atoms with Crippen molar-refractivity contribution >= 4 is 11.9 Å². The fraction of sp³-hybridized carbons (Fsp3) is 0.259. The van der Waals surface area contributed by atoms with Crippen molar-refractivity contribution in [1.29, 1.82) is 0 Å². The third kappa shape index (κ3) is 4.03. The molecule has 0 aliphatic carbocycles. The van der Waals surface area contributed by atoms with Crippen molar-refractivity contribution in [2.75, 3.05) is 39.4 Å². The number of hydrogen-bond donors (Lipinski definition) is 1. The maximum absolute atomic E-state index is 13.9. The molecule has 0 aromatic heterocycles. The fourth-order valence-electron chi connectivity index (χ4n) is 4.63. The van der Waals surface area contributed by atoms with Crippen molar-refractivity contribution in [2.24, 2.45) is 0 Å². The van der Waals surface area contributed by atoms with E-state index in [2.05, 4.69) is 22.3 Å². The molecule has 1 atom stereocenters. The first-order valence-electron chi connectivity index (χ1n) is 11.3. The standard InChI is InChI=1S/C27H27N3O3/c31-25-27(23-9-5-2-6-10-23,24-13-11-22(12-14-24)21-7-3-1-4-8-21)28-26(32)30(25)16-15-29-17-19-33-20-18-29/h1-14H,15-20H2,(H,28,32)/t27-/m0/s1. The molecule has 0 bridgehead atoms. The van der Waals surface area contributed by atoms with Crippen molar-refractivity contribution < 1.29 is 14.3 Å². The molecule has 0 radical (unpaired) electrons. The Balaban J connectivity index is 1.47. The minimum atomic E-state index is -1.24. The summed E-state index contributed by atoms with van der Waals surface area (Å²) >= 11 is 0. The Labute approximate surface area is 193 Å². The fourth-order valence-corrected chi connectivity index (χ4v) is 4.63. The number of ether oxygens (including phenoxy) is 1. The minimum Gasteiger partial charge on any atom is -0.379 e. The van der Waals surface area contributed by atoms with E-state index >= 15 is 0 Å². The normalized spacial score (nSPS) is 21.3. The van der Waals surface area contributed by atoms with Crippen LogP contribution in [0.25, 0.3) is 11.1 Å². The van der Waals surface area contributed by atoms with Crippen molar-refractivity contribution in [3.8, 4) is 11.1 Å². The number of hydrogen-bond acceptors (Lipinski definition) is 4. The lowest BCUT2D eigenvalue weighted by molar-refractivity contribution is -0.130. The zero-order chi connectivity index (χ0) is 22.7. The van der Waals surface area contributed by atoms with Gasteiger partial charge in [-0.3, -0.25) is 14.6 Å². The average Bonchev–Trinajstić information content (AvgIpc) is 3.14. The topological polar surface area (TPSA) is 61.9 Å². The average molecular weight is 442 g/mol. The highest BCUT2D eigenvalue weighted by atomic mass is 16.5. The Morgan fingerprint density at radius 3 is 1.97 bits per heavy atom. The van der Waals surface area contributed by atoms with Crippen LogP contribution in [0, 0.1) is 0 Å². The molecular weight excluding hydrogens is 414 g/mol. The van der Waals surface area contributed by atoms with Gasteiger partial charge in [-0.05, 0) is 22.3 Å². The molecule has 2 fully saturated rings. The van der Waals surface area contributed by atoms with E-state index < -0.39 is 5.54 Å². The molecule has 5 rings (SSSR count). The van der Waals surface area contributed by atoms with Crippen LogP contribution in [-0.4, -0.2) is 61.1 Å². The molecule has 2 saturated heterocycles. The molecule has 3 amide bonds. The van der Waals surface area contributed by atoms with E-state index in [-0.39, 0.29) is 11.9 Å². The van der Waals surface area contributed by atoms with Crippen LogP contribution in [0.2, 0.25) is 0 Å². The quantitative estimate of drug-likeness (QED) is 0.595. The molecule has 3 aromatic carbocycles. The monoisotopic (exact) mass is 441 g/mol. The van der Waals surface area contributed by atoms with Crippen LogP contribution >= 0.6 is 0 Å². The predicted octanol–water partition coefficient (Wildman–Crippen LogP) is 3.48. The zero-order valence-corrected chi connectivity index (χ0v) is 18.4. The number of rotatable bonds is 6. The molecule has 1 N–H and O–H groups in total. The van der Waals surface area contributed by atoms with E-state index in [1.165, 1.54) is 4.90 Å². The second kappa shape index (κ2) is 9.17. The van der Waals surface area contributed by atoms with E-state index in [4.69, 9.17) is 4.74 Å². The van der Waals surface area contributed by atoms with Gasteiger partial charge in [-0.15, -0.1) is 0 Å². The number of nitrogens with zero attached hydrogens (tertiary/aromatic N) is 2. The molecule has 2 aliphatic rings. The highest BCUT2D eigenvalue weighted by Crippen LogP contribution is 2.37. The summed E-state index contributed by atoms with van der Waals surface area (Å²) in [6.07, 6.45) is 0. The van der Waals surface area contributed by atoms with Crippen molar-refractivity contribution in [3.05, 3.63) is 96.1 Å². The molecular formula is C27H27N3O3. The number of benzene rings is 3. The number of morpholine rings is 1. The van der Waals surface area contributed by atoms with E-state index in [9.17, 15) is 9.59 Å². The number of amides is 3. The first kappa shape index (κ1) is 21.4. The largest absolute Gasteiger partial charge is 0.379 e. The maximum atomic E-state index is 13.9. The number of urea groups is 1. The van der Waals surface area contributed by atoms with Gasteiger partial charge in [-0.2, -0.15) is 0 Å². The Kier molecular flexibility index (Phi) is 5.94. The van der Waals surface area contributed by atoms with E-state index in [1.807, 2.05) is 72.8 Å². The lowest BCUT2D eigenvalue weighted by Crippen LogP contribution is -2.46. The number of nitrogens with one attached hydrogen (secondary N) is 1. The first-order valence-corrected chi connectivity index (χ1v) is 11.3. The van der Waals surface area contributed by atoms with Gasteiger partial charge < -0.3 is 10.1 Å². The van der Waals surface area contributed by atoms with Gasteiger partial charge in [0.05, 0.1) is 13.2 Å². The Morgan fingerprint density at radius 1 is 0.727 bits per heavy atom. The van der Waals surface area contributed by atoms with Gasteiger partial charge in [-0.25, -0.2) is 4.79 Å². The molecule has 0 unspecified atom stereocenters. The van der Waals surface area contributed by atoms with Gasteiger partial charge in [0, 0.05) is 26.2 Å². The van der Waals surface area contributed by atoms with Crippen LogP contribution in [0.4, 0.5) is 4.79 Å². The van der Waals surface area contributed by atoms with E-state index in [0.717, 1.165) is 35.3 Å². The van der Waals surface area contributed by atoms with Crippen LogP contribution in [0.15, 0.2) is 84.9 Å². The summed E-state index contributed by atoms with van der Waals surface area (Å²) in [6.45, 7) is 3.98. The summed E-state index contributed by atoms with van der Waals surface area (Å²) in [5.74, 6) is -0.237. The second-order valence-electron chi connectivity index (χ2n) is 8.40. The van der Waals surface area contributed by atoms with Crippen LogP contribution < -0.4 is 5.32 Å². The van der Waals surface area contributed by atoms with Gasteiger partial charge in [0.25, 0.3) is 5.91 Å². The van der Waals surface area contributed by atoms with Crippen molar-refractivity contribution in [3.63, 3.8) is 0 Å². The van der Waals surface area contributed by atoms with Gasteiger partial charge in [0.2, 0.25) is 0 Å².